The SMILES string of the molecule is CCc1ccc(-n2c(=C(C#N)C#N)sc(=Cc3cccc(OC)c3OC)c2=O)cc1. The molecule has 0 bridgehead atoms. The number of nitriles is 2. The van der Waals surface area contributed by atoms with Gasteiger partial charge in [0.25, 0.3) is 5.56 Å². The molecule has 0 amide bonds. The number of methoxy groups -OCH3 is 2. The first kappa shape index (κ1) is 20.9. The molecule has 0 radical (unpaired) electrons. The number of aromatic nitrogens is 1. The minimum atomic E-state index is -0.313. The summed E-state index contributed by atoms with van der Waals surface area (Å²) in [5, 5.41) is 18.8. The highest BCUT2D eigenvalue weighted by molar-refractivity contribution is 7.07. The molecule has 6 nitrogen and oxygen atoms in total. The van der Waals surface area contributed by atoms with E-state index in [0.29, 0.717) is 31.9 Å². The summed E-state index contributed by atoms with van der Waals surface area (Å²) < 4.78 is 12.8. The van der Waals surface area contributed by atoms with Gasteiger partial charge in [-0.2, -0.15) is 10.5 Å². The molecule has 1 aromatic heterocycles. The molecule has 0 saturated heterocycles. The van der Waals surface area contributed by atoms with Crippen LogP contribution in [0.4, 0.5) is 0 Å². The van der Waals surface area contributed by atoms with Crippen LogP contribution in [0.3, 0.4) is 0 Å². The Hall–Kier alpha value is -3.81. The van der Waals surface area contributed by atoms with Gasteiger partial charge < -0.3 is 9.47 Å². The summed E-state index contributed by atoms with van der Waals surface area (Å²) in [4.78, 5) is 13.3. The second-order valence-electron chi connectivity index (χ2n) is 6.26. The first-order valence-corrected chi connectivity index (χ1v) is 9.98. The molecule has 2 aromatic carbocycles. The number of hydrogen-bond donors (Lipinski definition) is 0. The molecule has 0 N–H and O–H groups in total. The van der Waals surface area contributed by atoms with Crippen LogP contribution < -0.4 is 24.2 Å². The maximum Gasteiger partial charge on any atom is 0.273 e. The minimum absolute atomic E-state index is 0.117. The largest absolute Gasteiger partial charge is 0.493 e. The summed E-state index contributed by atoms with van der Waals surface area (Å²) in [6.45, 7) is 2.04. The van der Waals surface area contributed by atoms with Crippen molar-refractivity contribution in [1.29, 1.82) is 10.5 Å². The molecule has 0 saturated carbocycles. The molecule has 1 heterocycles. The molecule has 0 aliphatic heterocycles. The van der Waals surface area contributed by atoms with Crippen LogP contribution >= 0.6 is 11.3 Å². The smallest absolute Gasteiger partial charge is 0.273 e. The third-order valence-electron chi connectivity index (χ3n) is 4.58. The van der Waals surface area contributed by atoms with Crippen LogP contribution in [0.5, 0.6) is 11.5 Å². The van der Waals surface area contributed by atoms with E-state index in [2.05, 4.69) is 0 Å². The van der Waals surface area contributed by atoms with Crippen molar-refractivity contribution in [3.05, 3.63) is 73.1 Å². The third-order valence-corrected chi connectivity index (χ3v) is 5.68. The molecule has 30 heavy (non-hydrogen) atoms. The molecule has 3 aromatic rings. The fraction of sp³-hybridized carbons (Fsp3) is 0.174. The van der Waals surface area contributed by atoms with Crippen LogP contribution in [-0.4, -0.2) is 18.8 Å². The van der Waals surface area contributed by atoms with Gasteiger partial charge in [0.2, 0.25) is 0 Å². The first-order chi connectivity index (χ1) is 14.6. The number of hydrogen-bond acceptors (Lipinski definition) is 6. The van der Waals surface area contributed by atoms with Gasteiger partial charge in [0, 0.05) is 5.56 Å². The van der Waals surface area contributed by atoms with E-state index in [1.54, 1.807) is 31.4 Å². The lowest BCUT2D eigenvalue weighted by molar-refractivity contribution is 0.354. The van der Waals surface area contributed by atoms with E-state index >= 15 is 0 Å². The lowest BCUT2D eigenvalue weighted by Gasteiger charge is -2.09. The van der Waals surface area contributed by atoms with Crippen molar-refractivity contribution in [2.24, 2.45) is 0 Å². The highest BCUT2D eigenvalue weighted by Crippen LogP contribution is 2.30. The van der Waals surface area contributed by atoms with Crippen molar-refractivity contribution in [2.75, 3.05) is 14.2 Å². The predicted octanol–water partition coefficient (Wildman–Crippen LogP) is 2.51. The average molecular weight is 417 g/mol. The van der Waals surface area contributed by atoms with E-state index in [1.165, 1.54) is 11.7 Å². The highest BCUT2D eigenvalue weighted by atomic mass is 32.1. The van der Waals surface area contributed by atoms with E-state index in [-0.39, 0.29) is 11.1 Å². The minimum Gasteiger partial charge on any atom is -0.493 e. The number of para-hydroxylation sites is 1. The van der Waals surface area contributed by atoms with E-state index in [4.69, 9.17) is 9.47 Å². The molecule has 0 aliphatic rings. The van der Waals surface area contributed by atoms with Gasteiger partial charge in [-0.15, -0.1) is 11.3 Å². The Balaban J connectivity index is 2.36. The van der Waals surface area contributed by atoms with E-state index in [9.17, 15) is 15.3 Å². The summed E-state index contributed by atoms with van der Waals surface area (Å²) in [7, 11) is 3.07. The van der Waals surface area contributed by atoms with Crippen molar-refractivity contribution < 1.29 is 9.47 Å². The molecule has 0 unspecified atom stereocenters. The topological polar surface area (TPSA) is 88.0 Å². The summed E-state index contributed by atoms with van der Waals surface area (Å²) in [6, 6.07) is 16.6. The Morgan fingerprint density at radius 2 is 1.80 bits per heavy atom. The van der Waals surface area contributed by atoms with Gasteiger partial charge in [0.1, 0.15) is 16.8 Å². The maximum absolute atomic E-state index is 13.3. The fourth-order valence-corrected chi connectivity index (χ4v) is 4.10. The van der Waals surface area contributed by atoms with Gasteiger partial charge in [-0.05, 0) is 36.3 Å². The van der Waals surface area contributed by atoms with Crippen molar-refractivity contribution in [2.45, 2.75) is 13.3 Å². The molecule has 0 atom stereocenters. The first-order valence-electron chi connectivity index (χ1n) is 9.16. The maximum atomic E-state index is 13.3. The highest BCUT2D eigenvalue weighted by Gasteiger charge is 2.13. The zero-order valence-electron chi connectivity index (χ0n) is 16.8. The monoisotopic (exact) mass is 417 g/mol. The van der Waals surface area contributed by atoms with Gasteiger partial charge in [-0.3, -0.25) is 9.36 Å². The predicted molar refractivity (Wildman–Crippen MR) is 116 cm³/mol. The summed E-state index contributed by atoms with van der Waals surface area (Å²) in [6.07, 6.45) is 2.55. The molecule has 0 aliphatic carbocycles. The Morgan fingerprint density at radius 3 is 2.37 bits per heavy atom. The summed E-state index contributed by atoms with van der Waals surface area (Å²) >= 11 is 1.09. The third kappa shape index (κ3) is 3.84. The van der Waals surface area contributed by atoms with Crippen LogP contribution in [0.2, 0.25) is 0 Å². The number of aryl methyl sites for hydroxylation is 1. The Labute approximate surface area is 177 Å². The van der Waals surface area contributed by atoms with Crippen LogP contribution in [-0.2, 0) is 6.42 Å². The van der Waals surface area contributed by atoms with Gasteiger partial charge in [-0.1, -0.05) is 31.2 Å². The fourth-order valence-electron chi connectivity index (χ4n) is 3.05. The number of nitrogens with zero attached hydrogens (tertiary/aromatic N) is 3. The molecular weight excluding hydrogens is 398 g/mol. The Bertz CT molecular complexity index is 1320. The van der Waals surface area contributed by atoms with Gasteiger partial charge in [-0.25, -0.2) is 0 Å². The van der Waals surface area contributed by atoms with Crippen LogP contribution in [0, 0.1) is 22.7 Å². The number of rotatable bonds is 5. The zero-order chi connectivity index (χ0) is 21.7. The molecule has 0 spiro atoms. The summed E-state index contributed by atoms with van der Waals surface area (Å²) in [5.41, 5.74) is 1.96. The lowest BCUT2D eigenvalue weighted by Crippen LogP contribution is -2.30. The molecule has 7 heteroatoms. The number of thiazole rings is 1. The Kier molecular flexibility index (Phi) is 6.36. The standard InChI is InChI=1S/C23H19N3O3S/c1-4-15-8-10-18(11-9-15)26-22(27)20(30-23(26)17(13-24)14-25)12-16-6-5-7-19(28-2)21(16)29-3/h5-12H,4H2,1-3H3. The van der Waals surface area contributed by atoms with Gasteiger partial charge in [0.05, 0.1) is 24.4 Å². The van der Waals surface area contributed by atoms with Crippen LogP contribution in [0.25, 0.3) is 17.3 Å². The number of benzene rings is 2. The van der Waals surface area contributed by atoms with Crippen molar-refractivity contribution in [1.82, 2.24) is 4.57 Å². The second-order valence-corrected chi connectivity index (χ2v) is 7.29. The molecule has 0 fully saturated rings. The second kappa shape index (κ2) is 9.13. The van der Waals surface area contributed by atoms with Crippen LogP contribution in [0.1, 0.15) is 18.1 Å². The average Bonchev–Trinajstić information content (AvgIpc) is 3.10. The molecule has 150 valence electrons. The van der Waals surface area contributed by atoms with Crippen molar-refractivity contribution >= 4 is 23.0 Å². The zero-order valence-corrected chi connectivity index (χ0v) is 17.6. The lowest BCUT2D eigenvalue weighted by atomic mass is 10.1. The Morgan fingerprint density at radius 1 is 1.10 bits per heavy atom. The van der Waals surface area contributed by atoms with Crippen molar-refractivity contribution in [3.63, 3.8) is 0 Å². The normalized spacial score (nSPS) is 10.9. The summed E-state index contributed by atoms with van der Waals surface area (Å²) in [5.74, 6) is 1.04. The van der Waals surface area contributed by atoms with E-state index in [1.807, 2.05) is 43.3 Å². The quantitative estimate of drug-likeness (QED) is 0.637. The van der Waals surface area contributed by atoms with E-state index < -0.39 is 0 Å². The molecule has 3 rings (SSSR count). The van der Waals surface area contributed by atoms with Crippen molar-refractivity contribution in [3.8, 4) is 29.3 Å². The van der Waals surface area contributed by atoms with Gasteiger partial charge in [0.15, 0.2) is 17.1 Å². The molecular formula is C23H19N3O3S. The van der Waals surface area contributed by atoms with Gasteiger partial charge >= 0.3 is 0 Å². The van der Waals surface area contributed by atoms with Crippen LogP contribution in [0.15, 0.2) is 47.3 Å². The van der Waals surface area contributed by atoms with E-state index in [0.717, 1.165) is 23.3 Å². The number of ether oxygens (including phenoxy) is 2.